The number of carbonyl (C=O) groups excluding carboxylic acids is 1. The highest BCUT2D eigenvalue weighted by atomic mass is 79.9. The largest absolute Gasteiger partial charge is 0.360 e. The molecule has 0 amide bonds. The summed E-state index contributed by atoms with van der Waals surface area (Å²) >= 11 is 3.34. The van der Waals surface area contributed by atoms with Crippen LogP contribution in [-0.2, 0) is 0 Å². The monoisotopic (exact) mass is 314 g/mol. The quantitative estimate of drug-likeness (QED) is 0.730. The number of H-pyrrole nitrogens is 1. The van der Waals surface area contributed by atoms with Gasteiger partial charge in [0.15, 0.2) is 5.78 Å². The lowest BCUT2D eigenvalue weighted by Crippen LogP contribution is -2.01. The maximum Gasteiger partial charge on any atom is 0.196 e. The van der Waals surface area contributed by atoms with Crippen LogP contribution in [0.3, 0.4) is 0 Å². The number of carbonyl (C=O) groups is 1. The third-order valence-electron chi connectivity index (χ3n) is 3.13. The van der Waals surface area contributed by atoms with E-state index < -0.39 is 0 Å². The summed E-state index contributed by atoms with van der Waals surface area (Å²) in [6.07, 6.45) is 5.02. The minimum atomic E-state index is -0.0191. The van der Waals surface area contributed by atoms with E-state index in [2.05, 4.69) is 25.9 Å². The van der Waals surface area contributed by atoms with Crippen molar-refractivity contribution in [1.29, 1.82) is 0 Å². The molecule has 3 rings (SSSR count). The van der Waals surface area contributed by atoms with Crippen molar-refractivity contribution in [3.63, 3.8) is 0 Å². The number of benzene rings is 1. The van der Waals surface area contributed by atoms with Gasteiger partial charge in [0.2, 0.25) is 0 Å². The van der Waals surface area contributed by atoms with Crippen molar-refractivity contribution in [3.8, 4) is 0 Å². The van der Waals surface area contributed by atoms with Gasteiger partial charge in [-0.05, 0) is 40.5 Å². The van der Waals surface area contributed by atoms with Crippen molar-refractivity contribution in [2.24, 2.45) is 0 Å². The summed E-state index contributed by atoms with van der Waals surface area (Å²) in [7, 11) is 0. The molecule has 94 valence electrons. The van der Waals surface area contributed by atoms with Gasteiger partial charge < -0.3 is 4.98 Å². The highest BCUT2D eigenvalue weighted by molar-refractivity contribution is 9.10. The zero-order valence-electron chi connectivity index (χ0n) is 10.3. The molecule has 3 aromatic rings. The van der Waals surface area contributed by atoms with Gasteiger partial charge in [-0.2, -0.15) is 0 Å². The molecule has 4 heteroatoms. The molecule has 0 saturated heterocycles. The summed E-state index contributed by atoms with van der Waals surface area (Å²) in [5, 5.41) is 0.979. The van der Waals surface area contributed by atoms with E-state index in [-0.39, 0.29) is 5.78 Å². The van der Waals surface area contributed by atoms with Crippen LogP contribution in [0.5, 0.6) is 0 Å². The molecule has 19 heavy (non-hydrogen) atoms. The highest BCUT2D eigenvalue weighted by Crippen LogP contribution is 2.24. The lowest BCUT2D eigenvalue weighted by molar-refractivity contribution is 0.104. The predicted octanol–water partition coefficient (Wildman–Crippen LogP) is 3.86. The van der Waals surface area contributed by atoms with Gasteiger partial charge in [0.25, 0.3) is 0 Å². The number of rotatable bonds is 2. The molecule has 0 radical (unpaired) electrons. The second-order valence-corrected chi connectivity index (χ2v) is 5.34. The van der Waals surface area contributed by atoms with Crippen LogP contribution in [0.15, 0.2) is 47.3 Å². The number of nitrogens with zero attached hydrogens (tertiary/aromatic N) is 1. The second kappa shape index (κ2) is 4.63. The van der Waals surface area contributed by atoms with Crippen molar-refractivity contribution in [2.45, 2.75) is 6.92 Å². The summed E-state index contributed by atoms with van der Waals surface area (Å²) in [5.41, 5.74) is 3.34. The predicted molar refractivity (Wildman–Crippen MR) is 78.4 cm³/mol. The molecule has 0 saturated carbocycles. The lowest BCUT2D eigenvalue weighted by atomic mass is 10.0. The van der Waals surface area contributed by atoms with Gasteiger partial charge in [-0.25, -0.2) is 0 Å². The Bertz CT molecular complexity index is 777. The number of aromatic nitrogens is 2. The summed E-state index contributed by atoms with van der Waals surface area (Å²) in [4.78, 5) is 19.7. The van der Waals surface area contributed by atoms with Crippen LogP contribution in [0, 0.1) is 6.92 Å². The van der Waals surface area contributed by atoms with Gasteiger partial charge in [-0.3, -0.25) is 9.78 Å². The molecule has 0 aliphatic carbocycles. The van der Waals surface area contributed by atoms with E-state index in [1.165, 1.54) is 0 Å². The molecule has 0 bridgehead atoms. The van der Waals surface area contributed by atoms with Crippen molar-refractivity contribution < 1.29 is 4.79 Å². The minimum Gasteiger partial charge on any atom is -0.360 e. The number of ketones is 1. The Morgan fingerprint density at radius 3 is 2.95 bits per heavy atom. The Kier molecular flexibility index (Phi) is 2.95. The van der Waals surface area contributed by atoms with E-state index >= 15 is 0 Å². The maximum absolute atomic E-state index is 12.5. The molecule has 2 heterocycles. The van der Waals surface area contributed by atoms with E-state index in [9.17, 15) is 4.79 Å². The molecule has 0 spiro atoms. The SMILES string of the molecule is Cc1cccc2[nH]cc(C(=O)c3cncc(Br)c3)c12. The van der Waals surface area contributed by atoms with Crippen LogP contribution in [0.4, 0.5) is 0 Å². The third-order valence-corrected chi connectivity index (χ3v) is 3.56. The van der Waals surface area contributed by atoms with Gasteiger partial charge in [0.05, 0.1) is 0 Å². The molecule has 0 aliphatic rings. The van der Waals surface area contributed by atoms with Gasteiger partial charge in [0.1, 0.15) is 0 Å². The fourth-order valence-electron chi connectivity index (χ4n) is 2.24. The first-order valence-corrected chi connectivity index (χ1v) is 6.68. The average molecular weight is 315 g/mol. The standard InChI is InChI=1S/C15H11BrN2O/c1-9-3-2-4-13-14(9)12(8-18-13)15(19)10-5-11(16)7-17-6-10/h2-8,18H,1H3. The van der Waals surface area contributed by atoms with Crippen LogP contribution in [-0.4, -0.2) is 15.8 Å². The smallest absolute Gasteiger partial charge is 0.196 e. The van der Waals surface area contributed by atoms with Gasteiger partial charge in [-0.1, -0.05) is 12.1 Å². The zero-order chi connectivity index (χ0) is 13.4. The van der Waals surface area contributed by atoms with Crippen LogP contribution in [0.2, 0.25) is 0 Å². The van der Waals surface area contributed by atoms with Crippen molar-refractivity contribution in [2.75, 3.05) is 0 Å². The van der Waals surface area contributed by atoms with Crippen LogP contribution in [0.1, 0.15) is 21.5 Å². The van der Waals surface area contributed by atoms with Crippen molar-refractivity contribution >= 4 is 32.6 Å². The molecule has 0 fully saturated rings. The fraction of sp³-hybridized carbons (Fsp3) is 0.0667. The zero-order valence-corrected chi connectivity index (χ0v) is 11.9. The highest BCUT2D eigenvalue weighted by Gasteiger charge is 2.15. The Labute approximate surface area is 118 Å². The fourth-order valence-corrected chi connectivity index (χ4v) is 2.60. The van der Waals surface area contributed by atoms with Crippen LogP contribution in [0.25, 0.3) is 10.9 Å². The number of nitrogens with one attached hydrogen (secondary N) is 1. The number of pyridine rings is 1. The van der Waals surface area contributed by atoms with E-state index in [0.29, 0.717) is 11.1 Å². The molecule has 1 aromatic carbocycles. The molecule has 0 unspecified atom stereocenters. The maximum atomic E-state index is 12.5. The molecule has 3 nitrogen and oxygen atoms in total. The van der Waals surface area contributed by atoms with E-state index in [4.69, 9.17) is 0 Å². The Balaban J connectivity index is 2.17. The minimum absolute atomic E-state index is 0.0191. The average Bonchev–Trinajstić information content (AvgIpc) is 2.83. The number of hydrogen-bond donors (Lipinski definition) is 1. The summed E-state index contributed by atoms with van der Waals surface area (Å²) in [5.74, 6) is -0.0191. The van der Waals surface area contributed by atoms with Gasteiger partial charge >= 0.3 is 0 Å². The number of aromatic amines is 1. The van der Waals surface area contributed by atoms with Crippen LogP contribution >= 0.6 is 15.9 Å². The Morgan fingerprint density at radius 2 is 2.16 bits per heavy atom. The van der Waals surface area contributed by atoms with E-state index in [1.54, 1.807) is 24.7 Å². The first kappa shape index (κ1) is 12.1. The molecule has 1 N–H and O–H groups in total. The van der Waals surface area contributed by atoms with Crippen LogP contribution < -0.4 is 0 Å². The van der Waals surface area contributed by atoms with E-state index in [0.717, 1.165) is 20.9 Å². The number of aryl methyl sites for hydroxylation is 1. The molecule has 0 aliphatic heterocycles. The summed E-state index contributed by atoms with van der Waals surface area (Å²) in [6.45, 7) is 2.01. The van der Waals surface area contributed by atoms with Gasteiger partial charge in [0, 0.05) is 45.1 Å². The summed E-state index contributed by atoms with van der Waals surface area (Å²) < 4.78 is 0.801. The topological polar surface area (TPSA) is 45.8 Å². The first-order chi connectivity index (χ1) is 9.16. The number of fused-ring (bicyclic) bond motifs is 1. The Hall–Kier alpha value is -1.94. The second-order valence-electron chi connectivity index (χ2n) is 4.42. The number of hydrogen-bond acceptors (Lipinski definition) is 2. The normalized spacial score (nSPS) is 10.8. The number of halogens is 1. The molecular formula is C15H11BrN2O. The third kappa shape index (κ3) is 2.08. The Morgan fingerprint density at radius 1 is 1.32 bits per heavy atom. The van der Waals surface area contributed by atoms with Gasteiger partial charge in [-0.15, -0.1) is 0 Å². The first-order valence-electron chi connectivity index (χ1n) is 5.89. The molecule has 0 atom stereocenters. The molecular weight excluding hydrogens is 304 g/mol. The lowest BCUT2D eigenvalue weighted by Gasteiger charge is -2.02. The molecule has 2 aromatic heterocycles. The van der Waals surface area contributed by atoms with E-state index in [1.807, 2.05) is 25.1 Å². The van der Waals surface area contributed by atoms with Crippen molar-refractivity contribution in [3.05, 3.63) is 64.0 Å². The summed E-state index contributed by atoms with van der Waals surface area (Å²) in [6, 6.07) is 7.74. The van der Waals surface area contributed by atoms with Crippen molar-refractivity contribution in [1.82, 2.24) is 9.97 Å².